The lowest BCUT2D eigenvalue weighted by molar-refractivity contribution is -0.146. The fourth-order valence-corrected chi connectivity index (χ4v) is 6.74. The van der Waals surface area contributed by atoms with E-state index < -0.39 is 75.9 Å². The molecule has 1 aliphatic heterocycles. The van der Waals surface area contributed by atoms with Crippen molar-refractivity contribution in [3.8, 4) is 0 Å². The monoisotopic (exact) mass is 669 g/mol. The first-order valence-electron chi connectivity index (χ1n) is 17.0. The molecule has 0 bridgehead atoms. The van der Waals surface area contributed by atoms with Gasteiger partial charge in [0.1, 0.15) is 23.8 Å². The van der Waals surface area contributed by atoms with Gasteiger partial charge in [0, 0.05) is 12.6 Å². The second-order valence-electron chi connectivity index (χ2n) is 15.6. The Balaban J connectivity index is 1.56. The summed E-state index contributed by atoms with van der Waals surface area (Å²) in [6.07, 6.45) is 7.21. The van der Waals surface area contributed by atoms with Gasteiger partial charge >= 0.3 is 0 Å². The summed E-state index contributed by atoms with van der Waals surface area (Å²) in [6.45, 7) is 12.9. The molecule has 2 heterocycles. The quantitative estimate of drug-likeness (QED) is 0.205. The number of nitrogens with one attached hydrogen (secondary N) is 5. The topological polar surface area (TPSA) is 200 Å². The minimum Gasteiger partial charge on any atom is -0.347 e. The first-order chi connectivity index (χ1) is 22.4. The van der Waals surface area contributed by atoms with Gasteiger partial charge in [-0.2, -0.15) is 0 Å². The minimum atomic E-state index is -1.11. The molecule has 4 rings (SSSR count). The number of hydrogen-bond donors (Lipinski definition) is 5. The van der Waals surface area contributed by atoms with Gasteiger partial charge in [-0.05, 0) is 54.8 Å². The van der Waals surface area contributed by atoms with Crippen LogP contribution in [0.4, 0.5) is 0 Å². The lowest BCUT2D eigenvalue weighted by atomic mass is 9.82. The van der Waals surface area contributed by atoms with Gasteiger partial charge in [0.15, 0.2) is 0 Å². The number of Topliss-reactive ketones (excluding diaryl/α,β-unsaturated/α-hetero) is 1. The molecule has 0 spiro atoms. The maximum atomic E-state index is 14.5. The molecule has 2 aliphatic carbocycles. The number of amides is 5. The maximum absolute atomic E-state index is 14.5. The standard InChI is InChI=1S/C34H51N7O7/c1-8-10-21(25(43)30(46)36-19-13-14-19)38-29(45)24-20-12-9-11-18(20)17-41(24)32(48)27(34(5,6)7)40-31(47)26(33(2,3)4)39-28(44)22-15-35-16-23(42)37-22/h15-16,18-21,24,26-27H,8-14,17H2,1-7H3,(H,36,46)(H,37,42)(H,38,45)(H,39,44)(H,40,47)/t18-,20-,21-,24-,26+,27+/m0/s1. The highest BCUT2D eigenvalue weighted by molar-refractivity contribution is 6.38. The molecule has 264 valence electrons. The van der Waals surface area contributed by atoms with E-state index in [0.29, 0.717) is 13.0 Å². The Morgan fingerprint density at radius 2 is 1.58 bits per heavy atom. The van der Waals surface area contributed by atoms with Gasteiger partial charge in [0.05, 0.1) is 18.4 Å². The summed E-state index contributed by atoms with van der Waals surface area (Å²) < 4.78 is 0. The first kappa shape index (κ1) is 36.7. The Morgan fingerprint density at radius 3 is 2.17 bits per heavy atom. The van der Waals surface area contributed by atoms with Gasteiger partial charge in [-0.3, -0.25) is 38.5 Å². The van der Waals surface area contributed by atoms with Gasteiger partial charge in [-0.25, -0.2) is 0 Å². The zero-order chi connectivity index (χ0) is 35.6. The first-order valence-corrected chi connectivity index (χ1v) is 17.0. The molecule has 0 aromatic carbocycles. The summed E-state index contributed by atoms with van der Waals surface area (Å²) in [5, 5.41) is 11.1. The SMILES string of the molecule is CCC[C@H](NC(=O)[C@@H]1[C@H]2CCC[C@H]2CN1C(=O)[C@@H](NC(=O)[C@@H](NC(=O)c1cncc(=O)[nH]1)C(C)(C)C)C(C)(C)C)C(=O)C(=O)NC1CC1. The number of likely N-dealkylation sites (tertiary alicyclic amines) is 1. The summed E-state index contributed by atoms with van der Waals surface area (Å²) in [6, 6.07) is -4.06. The molecular formula is C34H51N7O7. The molecule has 6 atom stereocenters. The second kappa shape index (κ2) is 14.6. The molecule has 48 heavy (non-hydrogen) atoms. The third-order valence-electron chi connectivity index (χ3n) is 9.49. The van der Waals surface area contributed by atoms with E-state index in [-0.39, 0.29) is 30.0 Å². The average molecular weight is 670 g/mol. The van der Waals surface area contributed by atoms with Gasteiger partial charge in [-0.15, -0.1) is 0 Å². The number of carbonyl (C=O) groups is 6. The van der Waals surface area contributed by atoms with Crippen molar-refractivity contribution in [2.24, 2.45) is 22.7 Å². The Hall–Kier alpha value is -4.10. The molecule has 14 heteroatoms. The third-order valence-corrected chi connectivity index (χ3v) is 9.49. The van der Waals surface area contributed by atoms with Crippen LogP contribution in [0.1, 0.15) is 104 Å². The number of carbonyl (C=O) groups excluding carboxylic acids is 6. The average Bonchev–Trinajstić information content (AvgIpc) is 3.56. The summed E-state index contributed by atoms with van der Waals surface area (Å²) in [7, 11) is 0. The summed E-state index contributed by atoms with van der Waals surface area (Å²) >= 11 is 0. The van der Waals surface area contributed by atoms with Crippen LogP contribution in [0.25, 0.3) is 0 Å². The van der Waals surface area contributed by atoms with Crippen molar-refractivity contribution >= 4 is 35.3 Å². The van der Waals surface area contributed by atoms with Gasteiger partial charge in [0.2, 0.25) is 23.5 Å². The van der Waals surface area contributed by atoms with Crippen LogP contribution in [0.2, 0.25) is 0 Å². The normalized spacial score (nSPS) is 22.6. The van der Waals surface area contributed by atoms with E-state index in [1.165, 1.54) is 11.1 Å². The molecule has 0 radical (unpaired) electrons. The number of fused-ring (bicyclic) bond motifs is 1. The predicted molar refractivity (Wildman–Crippen MR) is 176 cm³/mol. The molecule has 14 nitrogen and oxygen atoms in total. The Bertz CT molecular complexity index is 1470. The van der Waals surface area contributed by atoms with E-state index in [1.807, 2.05) is 6.92 Å². The van der Waals surface area contributed by atoms with Crippen LogP contribution >= 0.6 is 0 Å². The van der Waals surface area contributed by atoms with E-state index >= 15 is 0 Å². The highest BCUT2D eigenvalue weighted by Crippen LogP contribution is 2.43. The molecule has 3 aliphatic rings. The Kier molecular flexibility index (Phi) is 11.1. The number of nitrogens with zero attached hydrogens (tertiary/aromatic N) is 2. The fraction of sp³-hybridized carbons (Fsp3) is 0.706. The van der Waals surface area contributed by atoms with Crippen LogP contribution in [0.3, 0.4) is 0 Å². The van der Waals surface area contributed by atoms with Gasteiger partial charge in [-0.1, -0.05) is 61.3 Å². The van der Waals surface area contributed by atoms with Crippen LogP contribution < -0.4 is 26.8 Å². The summed E-state index contributed by atoms with van der Waals surface area (Å²) in [4.78, 5) is 100. The van der Waals surface area contributed by atoms with Crippen LogP contribution in [0.5, 0.6) is 0 Å². The van der Waals surface area contributed by atoms with Crippen molar-refractivity contribution in [3.05, 3.63) is 28.4 Å². The number of rotatable bonds is 12. The lowest BCUT2D eigenvalue weighted by Gasteiger charge is -2.38. The van der Waals surface area contributed by atoms with Crippen molar-refractivity contribution in [1.82, 2.24) is 36.1 Å². The molecule has 0 unspecified atom stereocenters. The van der Waals surface area contributed by atoms with Gasteiger partial charge < -0.3 is 31.2 Å². The predicted octanol–water partition coefficient (Wildman–Crippen LogP) is 1.21. The van der Waals surface area contributed by atoms with E-state index in [2.05, 4.69) is 31.2 Å². The highest BCUT2D eigenvalue weighted by Gasteiger charge is 2.52. The van der Waals surface area contributed by atoms with E-state index in [0.717, 1.165) is 38.3 Å². The highest BCUT2D eigenvalue weighted by atomic mass is 16.2. The van der Waals surface area contributed by atoms with Crippen LogP contribution in [-0.2, 0) is 24.0 Å². The largest absolute Gasteiger partial charge is 0.347 e. The molecular weight excluding hydrogens is 618 g/mol. The van der Waals surface area contributed by atoms with Crippen molar-refractivity contribution in [3.63, 3.8) is 0 Å². The molecule has 1 aromatic heterocycles. The summed E-state index contributed by atoms with van der Waals surface area (Å²) in [5.74, 6) is -3.67. The summed E-state index contributed by atoms with van der Waals surface area (Å²) in [5.41, 5.74) is -2.28. The molecule has 5 amide bonds. The van der Waals surface area contributed by atoms with Gasteiger partial charge in [0.25, 0.3) is 17.4 Å². The third kappa shape index (κ3) is 8.67. The maximum Gasteiger partial charge on any atom is 0.289 e. The zero-order valence-corrected chi connectivity index (χ0v) is 29.1. The molecule has 3 fully saturated rings. The molecule has 2 saturated carbocycles. The van der Waals surface area contributed by atoms with E-state index in [1.54, 1.807) is 41.5 Å². The van der Waals surface area contributed by atoms with Crippen molar-refractivity contribution in [1.29, 1.82) is 0 Å². The van der Waals surface area contributed by atoms with Crippen LogP contribution in [-0.4, -0.2) is 86.9 Å². The zero-order valence-electron chi connectivity index (χ0n) is 29.1. The number of aromatic nitrogens is 2. The number of hydrogen-bond acceptors (Lipinski definition) is 8. The van der Waals surface area contributed by atoms with Crippen LogP contribution in [0.15, 0.2) is 17.2 Å². The van der Waals surface area contributed by atoms with Crippen LogP contribution in [0, 0.1) is 22.7 Å². The molecule has 1 aromatic rings. The number of H-pyrrole nitrogens is 1. The number of aromatic amines is 1. The molecule has 1 saturated heterocycles. The smallest absolute Gasteiger partial charge is 0.289 e. The molecule has 5 N–H and O–H groups in total. The van der Waals surface area contributed by atoms with Crippen molar-refractivity contribution < 1.29 is 28.8 Å². The lowest BCUT2D eigenvalue weighted by Crippen LogP contribution is -2.63. The number of ketones is 1. The van der Waals surface area contributed by atoms with Crippen molar-refractivity contribution in [2.75, 3.05) is 6.54 Å². The fourth-order valence-electron chi connectivity index (χ4n) is 6.74. The Labute approximate surface area is 281 Å². The second-order valence-corrected chi connectivity index (χ2v) is 15.6. The Morgan fingerprint density at radius 1 is 0.917 bits per heavy atom. The van der Waals surface area contributed by atoms with Crippen molar-refractivity contribution in [2.45, 2.75) is 124 Å². The van der Waals surface area contributed by atoms with E-state index in [9.17, 15) is 33.6 Å². The van der Waals surface area contributed by atoms with E-state index in [4.69, 9.17) is 0 Å². The minimum absolute atomic E-state index is 0.00302.